The minimum Gasteiger partial charge on any atom is -0.353 e. The Kier molecular flexibility index (Phi) is 6.34. The van der Waals surface area contributed by atoms with Gasteiger partial charge in [0, 0.05) is 44.1 Å². The van der Waals surface area contributed by atoms with Crippen molar-refractivity contribution in [1.29, 1.82) is 0 Å². The molecule has 0 spiro atoms. The number of carbonyl (C=O) groups excluding carboxylic acids is 2. The highest BCUT2D eigenvalue weighted by molar-refractivity contribution is 5.86. The van der Waals surface area contributed by atoms with Gasteiger partial charge in [0.1, 0.15) is 0 Å². The molecule has 0 aromatic carbocycles. The monoisotopic (exact) mass is 350 g/mol. The Morgan fingerprint density at radius 3 is 2.36 bits per heavy atom. The summed E-state index contributed by atoms with van der Waals surface area (Å²) in [5.74, 6) is 0.0385. The normalized spacial score (nSPS) is 30.5. The fourth-order valence-electron chi connectivity index (χ4n) is 4.02. The molecule has 2 heterocycles. The van der Waals surface area contributed by atoms with Gasteiger partial charge in [-0.15, -0.1) is 0 Å². The molecule has 6 heteroatoms. The number of likely N-dealkylation sites (tertiary alicyclic amines) is 1. The first-order chi connectivity index (χ1) is 12.0. The topological polar surface area (TPSA) is 64.7 Å². The lowest BCUT2D eigenvalue weighted by atomic mass is 9.96. The average Bonchev–Trinajstić information content (AvgIpc) is 3.38. The van der Waals surface area contributed by atoms with Crippen LogP contribution >= 0.6 is 0 Å². The van der Waals surface area contributed by atoms with E-state index in [1.165, 1.54) is 12.8 Å². The van der Waals surface area contributed by atoms with E-state index in [1.807, 2.05) is 11.9 Å². The van der Waals surface area contributed by atoms with Crippen LogP contribution in [0.4, 0.5) is 0 Å². The first kappa shape index (κ1) is 18.6. The van der Waals surface area contributed by atoms with Crippen LogP contribution in [0.25, 0.3) is 0 Å². The molecule has 1 saturated carbocycles. The average molecular weight is 351 g/mol. The highest BCUT2D eigenvalue weighted by atomic mass is 16.2. The molecule has 2 unspecified atom stereocenters. The van der Waals surface area contributed by atoms with Gasteiger partial charge in [0.25, 0.3) is 0 Å². The quantitative estimate of drug-likeness (QED) is 0.793. The van der Waals surface area contributed by atoms with Crippen LogP contribution in [0.1, 0.15) is 51.4 Å². The van der Waals surface area contributed by atoms with Crippen LogP contribution in [-0.2, 0) is 9.59 Å². The molecule has 1 aliphatic carbocycles. The second-order valence-corrected chi connectivity index (χ2v) is 8.33. The van der Waals surface area contributed by atoms with Crippen molar-refractivity contribution < 1.29 is 9.59 Å². The van der Waals surface area contributed by atoms with Crippen LogP contribution in [-0.4, -0.2) is 73.5 Å². The Morgan fingerprint density at radius 2 is 1.68 bits per heavy atom. The summed E-state index contributed by atoms with van der Waals surface area (Å²) < 4.78 is 0. The molecular weight excluding hydrogens is 316 g/mol. The van der Waals surface area contributed by atoms with Crippen molar-refractivity contribution in [3.05, 3.63) is 0 Å². The first-order valence-electron chi connectivity index (χ1n) is 10.00. The van der Waals surface area contributed by atoms with E-state index in [1.54, 1.807) is 0 Å². The third-order valence-corrected chi connectivity index (χ3v) is 5.93. The molecule has 25 heavy (non-hydrogen) atoms. The lowest BCUT2D eigenvalue weighted by Gasteiger charge is -2.34. The zero-order chi connectivity index (χ0) is 17.8. The number of amides is 2. The van der Waals surface area contributed by atoms with E-state index in [9.17, 15) is 9.59 Å². The maximum atomic E-state index is 12.5. The van der Waals surface area contributed by atoms with Crippen LogP contribution in [0.15, 0.2) is 0 Å². The van der Waals surface area contributed by atoms with E-state index >= 15 is 0 Å². The van der Waals surface area contributed by atoms with E-state index in [2.05, 4.69) is 22.6 Å². The SMILES string of the molecule is CN1CCC(NC2CCCC(C(=O)NC3CC3)CC(=O)N(C)C2)CC1. The zero-order valence-corrected chi connectivity index (χ0v) is 15.8. The molecule has 0 aromatic heterocycles. The summed E-state index contributed by atoms with van der Waals surface area (Å²) in [5, 5.41) is 6.87. The number of carbonyl (C=O) groups is 2. The van der Waals surface area contributed by atoms with Gasteiger partial charge in [0.2, 0.25) is 11.8 Å². The van der Waals surface area contributed by atoms with Crippen molar-refractivity contribution in [3.63, 3.8) is 0 Å². The van der Waals surface area contributed by atoms with Gasteiger partial charge >= 0.3 is 0 Å². The summed E-state index contributed by atoms with van der Waals surface area (Å²) in [7, 11) is 4.06. The summed E-state index contributed by atoms with van der Waals surface area (Å²) >= 11 is 0. The predicted octanol–water partition coefficient (Wildman–Crippen LogP) is 0.966. The maximum absolute atomic E-state index is 12.5. The van der Waals surface area contributed by atoms with Gasteiger partial charge in [0.05, 0.1) is 0 Å². The molecule has 142 valence electrons. The molecule has 2 N–H and O–H groups in total. The standard InChI is InChI=1S/C19H34N4O2/c1-22-10-8-16(9-11-22)20-17-5-3-4-14(12-18(24)23(2)13-17)19(25)21-15-6-7-15/h14-17,20H,3-13H2,1-2H3,(H,21,25). The molecule has 0 bridgehead atoms. The van der Waals surface area contributed by atoms with Crippen molar-refractivity contribution in [1.82, 2.24) is 20.4 Å². The molecule has 6 nitrogen and oxygen atoms in total. The van der Waals surface area contributed by atoms with E-state index in [-0.39, 0.29) is 17.7 Å². The summed E-state index contributed by atoms with van der Waals surface area (Å²) in [4.78, 5) is 29.1. The maximum Gasteiger partial charge on any atom is 0.223 e. The molecule has 3 rings (SSSR count). The summed E-state index contributed by atoms with van der Waals surface area (Å²) in [6.45, 7) is 3.03. The molecule has 0 aromatic rings. The number of piperidine rings is 1. The Morgan fingerprint density at radius 1 is 0.960 bits per heavy atom. The smallest absolute Gasteiger partial charge is 0.223 e. The number of rotatable bonds is 4. The van der Waals surface area contributed by atoms with Crippen LogP contribution in [0.5, 0.6) is 0 Å². The molecule has 2 amide bonds. The van der Waals surface area contributed by atoms with Gasteiger partial charge in [-0.25, -0.2) is 0 Å². The van der Waals surface area contributed by atoms with Crippen LogP contribution < -0.4 is 10.6 Å². The third kappa shape index (κ3) is 5.68. The molecule has 0 radical (unpaired) electrons. The molecule has 2 saturated heterocycles. The predicted molar refractivity (Wildman–Crippen MR) is 98.2 cm³/mol. The van der Waals surface area contributed by atoms with Gasteiger partial charge < -0.3 is 20.4 Å². The van der Waals surface area contributed by atoms with Gasteiger partial charge in [-0.05, 0) is 58.7 Å². The summed E-state index contributed by atoms with van der Waals surface area (Å²) in [6, 6.07) is 1.26. The highest BCUT2D eigenvalue weighted by Crippen LogP contribution is 2.23. The molecule has 2 aliphatic heterocycles. The van der Waals surface area contributed by atoms with Gasteiger partial charge in [-0.2, -0.15) is 0 Å². The van der Waals surface area contributed by atoms with Crippen molar-refractivity contribution in [2.75, 3.05) is 33.7 Å². The number of nitrogens with zero attached hydrogens (tertiary/aromatic N) is 2. The minimum absolute atomic E-state index is 0.0889. The second-order valence-electron chi connectivity index (χ2n) is 8.33. The van der Waals surface area contributed by atoms with Crippen molar-refractivity contribution in [3.8, 4) is 0 Å². The number of hydrogen-bond donors (Lipinski definition) is 2. The van der Waals surface area contributed by atoms with Crippen molar-refractivity contribution in [2.24, 2.45) is 5.92 Å². The Labute approximate surface area is 151 Å². The minimum atomic E-state index is -0.155. The zero-order valence-electron chi connectivity index (χ0n) is 15.8. The molecule has 2 atom stereocenters. The van der Waals surface area contributed by atoms with E-state index in [0.717, 1.165) is 51.7 Å². The van der Waals surface area contributed by atoms with Crippen LogP contribution in [0.2, 0.25) is 0 Å². The highest BCUT2D eigenvalue weighted by Gasteiger charge is 2.31. The second kappa shape index (κ2) is 8.49. The Balaban J connectivity index is 1.53. The van der Waals surface area contributed by atoms with Gasteiger partial charge in [0.15, 0.2) is 0 Å². The molecule has 3 aliphatic rings. The lowest BCUT2D eigenvalue weighted by Crippen LogP contribution is -2.49. The number of likely N-dealkylation sites (N-methyl/N-ethyl adjacent to an activating group) is 1. The van der Waals surface area contributed by atoms with Gasteiger partial charge in [-0.1, -0.05) is 6.42 Å². The number of nitrogens with one attached hydrogen (secondary N) is 2. The fourth-order valence-corrected chi connectivity index (χ4v) is 4.02. The van der Waals surface area contributed by atoms with Crippen LogP contribution in [0.3, 0.4) is 0 Å². The largest absolute Gasteiger partial charge is 0.353 e. The van der Waals surface area contributed by atoms with Gasteiger partial charge in [-0.3, -0.25) is 9.59 Å². The van der Waals surface area contributed by atoms with E-state index < -0.39 is 0 Å². The van der Waals surface area contributed by atoms with Crippen LogP contribution in [0, 0.1) is 5.92 Å². The lowest BCUT2D eigenvalue weighted by molar-refractivity contribution is -0.135. The fraction of sp³-hybridized carbons (Fsp3) is 0.895. The summed E-state index contributed by atoms with van der Waals surface area (Å²) in [5.41, 5.74) is 0. The van der Waals surface area contributed by atoms with E-state index in [0.29, 0.717) is 24.5 Å². The Bertz CT molecular complexity index is 472. The van der Waals surface area contributed by atoms with Crippen molar-refractivity contribution in [2.45, 2.75) is 69.5 Å². The number of hydrogen-bond acceptors (Lipinski definition) is 4. The molecular formula is C19H34N4O2. The van der Waals surface area contributed by atoms with Crippen molar-refractivity contribution >= 4 is 11.8 Å². The summed E-state index contributed by atoms with van der Waals surface area (Å²) in [6.07, 6.45) is 7.77. The molecule has 3 fully saturated rings. The van der Waals surface area contributed by atoms with E-state index in [4.69, 9.17) is 0 Å². The third-order valence-electron chi connectivity index (χ3n) is 5.93. The Hall–Kier alpha value is -1.14. The first-order valence-corrected chi connectivity index (χ1v) is 10.00.